The van der Waals surface area contributed by atoms with Crippen LogP contribution in [0.5, 0.6) is 0 Å². The molecular formula is C12H14O8. The summed E-state index contributed by atoms with van der Waals surface area (Å²) in [7, 11) is 0. The Kier molecular flexibility index (Phi) is 5.88. The van der Waals surface area contributed by atoms with Gasteiger partial charge in [0.05, 0.1) is 0 Å². The summed E-state index contributed by atoms with van der Waals surface area (Å²) in [4.78, 5) is 37.7. The zero-order chi connectivity index (χ0) is 15.1. The summed E-state index contributed by atoms with van der Waals surface area (Å²) in [5, 5.41) is 8.53. The monoisotopic (exact) mass is 286 g/mol. The van der Waals surface area contributed by atoms with Crippen molar-refractivity contribution in [2.75, 3.05) is 6.79 Å². The van der Waals surface area contributed by atoms with Crippen molar-refractivity contribution in [3.05, 3.63) is 33.9 Å². The molecule has 1 aromatic rings. The van der Waals surface area contributed by atoms with Crippen molar-refractivity contribution >= 4 is 11.9 Å². The molecule has 1 aromatic heterocycles. The summed E-state index contributed by atoms with van der Waals surface area (Å²) in [6, 6.07) is 2.25. The molecular weight excluding hydrogens is 272 g/mol. The smallest absolute Gasteiger partial charge is 0.377 e. The Morgan fingerprint density at radius 2 is 2.05 bits per heavy atom. The van der Waals surface area contributed by atoms with Crippen molar-refractivity contribution in [1.29, 1.82) is 0 Å². The first-order valence-electron chi connectivity index (χ1n) is 5.76. The van der Waals surface area contributed by atoms with Gasteiger partial charge >= 0.3 is 17.6 Å². The van der Waals surface area contributed by atoms with E-state index >= 15 is 0 Å². The largest absolute Gasteiger partial charge is 0.428 e. The highest BCUT2D eigenvalue weighted by Gasteiger charge is 2.16. The molecule has 1 unspecified atom stereocenters. The molecule has 0 aromatic carbocycles. The average molecular weight is 286 g/mol. The minimum absolute atomic E-state index is 0.146. The topological polar surface area (TPSA) is 112 Å². The van der Waals surface area contributed by atoms with Gasteiger partial charge < -0.3 is 13.9 Å². The van der Waals surface area contributed by atoms with E-state index in [0.717, 1.165) is 6.07 Å². The predicted molar refractivity (Wildman–Crippen MR) is 63.8 cm³/mol. The van der Waals surface area contributed by atoms with Crippen molar-refractivity contribution < 1.29 is 33.6 Å². The van der Waals surface area contributed by atoms with Crippen LogP contribution in [0.15, 0.2) is 21.3 Å². The number of esters is 2. The molecule has 0 saturated heterocycles. The predicted octanol–water partition coefficient (Wildman–Crippen LogP) is 1.26. The Labute approximate surface area is 113 Å². The molecule has 0 aliphatic rings. The lowest BCUT2D eigenvalue weighted by Gasteiger charge is -2.08. The molecule has 1 rings (SSSR count). The van der Waals surface area contributed by atoms with Crippen LogP contribution in [0.4, 0.5) is 0 Å². The number of rotatable bonds is 6. The zero-order valence-corrected chi connectivity index (χ0v) is 11.0. The van der Waals surface area contributed by atoms with Gasteiger partial charge in [-0.3, -0.25) is 10.1 Å². The molecule has 8 heteroatoms. The molecule has 20 heavy (non-hydrogen) atoms. The van der Waals surface area contributed by atoms with Crippen LogP contribution in [-0.2, 0) is 19.2 Å². The van der Waals surface area contributed by atoms with E-state index in [1.165, 1.54) is 13.0 Å². The highest BCUT2D eigenvalue weighted by Crippen LogP contribution is 2.15. The molecule has 110 valence electrons. The van der Waals surface area contributed by atoms with E-state index in [0.29, 0.717) is 0 Å². The molecule has 0 spiro atoms. The van der Waals surface area contributed by atoms with Gasteiger partial charge in [0.25, 0.3) is 0 Å². The number of carbonyl (C=O) groups excluding carboxylic acids is 2. The van der Waals surface area contributed by atoms with Gasteiger partial charge in [0.2, 0.25) is 12.6 Å². The lowest BCUT2D eigenvalue weighted by atomic mass is 10.1. The third kappa shape index (κ3) is 4.48. The van der Waals surface area contributed by atoms with Crippen LogP contribution < -0.4 is 5.63 Å². The minimum Gasteiger partial charge on any atom is -0.428 e. The van der Waals surface area contributed by atoms with E-state index < -0.39 is 30.5 Å². The summed E-state index contributed by atoms with van der Waals surface area (Å²) in [6.45, 7) is 2.47. The second-order valence-corrected chi connectivity index (χ2v) is 3.74. The Bertz CT molecular complexity index is 533. The van der Waals surface area contributed by atoms with Gasteiger partial charge in [-0.05, 0) is 18.6 Å². The van der Waals surface area contributed by atoms with Crippen LogP contribution in [-0.4, -0.2) is 24.0 Å². The first-order valence-corrected chi connectivity index (χ1v) is 5.76. The van der Waals surface area contributed by atoms with E-state index in [-0.39, 0.29) is 17.7 Å². The molecule has 0 bridgehead atoms. The van der Waals surface area contributed by atoms with Crippen molar-refractivity contribution in [3.8, 4) is 0 Å². The Balaban J connectivity index is 2.75. The van der Waals surface area contributed by atoms with Gasteiger partial charge in [-0.2, -0.15) is 0 Å². The SMILES string of the molecule is CCC(=O)OCOC(=O)c1cc(C(C)OO)cc(=O)o1. The summed E-state index contributed by atoms with van der Waals surface area (Å²) < 4.78 is 13.8. The molecule has 0 radical (unpaired) electrons. The lowest BCUT2D eigenvalue weighted by Crippen LogP contribution is -2.15. The van der Waals surface area contributed by atoms with E-state index in [1.54, 1.807) is 6.92 Å². The molecule has 1 atom stereocenters. The normalized spacial score (nSPS) is 11.8. The standard InChI is InChI=1S/C12H14O8/c1-3-10(13)17-6-18-12(15)9-4-8(7(2)20-16)5-11(14)19-9/h4-5,7,16H,3,6H2,1-2H3. The second-order valence-electron chi connectivity index (χ2n) is 3.74. The van der Waals surface area contributed by atoms with Gasteiger partial charge in [-0.15, -0.1) is 0 Å². The van der Waals surface area contributed by atoms with Gasteiger partial charge in [0, 0.05) is 12.5 Å². The van der Waals surface area contributed by atoms with Crippen molar-refractivity contribution in [3.63, 3.8) is 0 Å². The maximum atomic E-state index is 11.6. The summed E-state index contributed by atoms with van der Waals surface area (Å²) in [6.07, 6.45) is -0.670. The molecule has 8 nitrogen and oxygen atoms in total. The number of hydrogen-bond donors (Lipinski definition) is 1. The Hall–Kier alpha value is -2.19. The fourth-order valence-electron chi connectivity index (χ4n) is 1.21. The number of ether oxygens (including phenoxy) is 2. The van der Waals surface area contributed by atoms with Gasteiger partial charge in [0.15, 0.2) is 0 Å². The van der Waals surface area contributed by atoms with E-state index in [9.17, 15) is 14.4 Å². The molecule has 0 fully saturated rings. The van der Waals surface area contributed by atoms with Crippen LogP contribution >= 0.6 is 0 Å². The molecule has 1 heterocycles. The van der Waals surface area contributed by atoms with E-state index in [1.807, 2.05) is 0 Å². The number of hydrogen-bond acceptors (Lipinski definition) is 8. The highest BCUT2D eigenvalue weighted by molar-refractivity contribution is 5.86. The lowest BCUT2D eigenvalue weighted by molar-refractivity contribution is -0.277. The van der Waals surface area contributed by atoms with Crippen molar-refractivity contribution in [2.45, 2.75) is 26.4 Å². The maximum Gasteiger partial charge on any atom is 0.377 e. The number of carbonyl (C=O) groups is 2. The van der Waals surface area contributed by atoms with Crippen LogP contribution in [0.1, 0.15) is 42.5 Å². The molecule has 0 aliphatic heterocycles. The maximum absolute atomic E-state index is 11.6. The third-order valence-corrected chi connectivity index (χ3v) is 2.32. The highest BCUT2D eigenvalue weighted by atomic mass is 17.1. The quantitative estimate of drug-likeness (QED) is 0.360. The van der Waals surface area contributed by atoms with E-state index in [2.05, 4.69) is 18.8 Å². The fourth-order valence-corrected chi connectivity index (χ4v) is 1.21. The van der Waals surface area contributed by atoms with Gasteiger partial charge in [-0.1, -0.05) is 6.92 Å². The van der Waals surface area contributed by atoms with Crippen LogP contribution in [0.3, 0.4) is 0 Å². The molecule has 0 saturated carbocycles. The van der Waals surface area contributed by atoms with Crippen LogP contribution in [0.25, 0.3) is 0 Å². The minimum atomic E-state index is -0.974. The Morgan fingerprint density at radius 1 is 1.35 bits per heavy atom. The zero-order valence-electron chi connectivity index (χ0n) is 11.0. The first kappa shape index (κ1) is 15.9. The summed E-state index contributed by atoms with van der Waals surface area (Å²) in [5.41, 5.74) is -0.565. The van der Waals surface area contributed by atoms with Crippen LogP contribution in [0.2, 0.25) is 0 Å². The molecule has 0 aliphatic carbocycles. The third-order valence-electron chi connectivity index (χ3n) is 2.32. The second kappa shape index (κ2) is 7.41. The first-order chi connectivity index (χ1) is 9.47. The fraction of sp³-hybridized carbons (Fsp3) is 0.417. The van der Waals surface area contributed by atoms with Crippen molar-refractivity contribution in [2.24, 2.45) is 0 Å². The van der Waals surface area contributed by atoms with Gasteiger partial charge in [0.1, 0.15) is 6.10 Å². The van der Waals surface area contributed by atoms with E-state index in [4.69, 9.17) is 5.26 Å². The summed E-state index contributed by atoms with van der Waals surface area (Å²) >= 11 is 0. The van der Waals surface area contributed by atoms with Gasteiger partial charge in [-0.25, -0.2) is 14.5 Å². The van der Waals surface area contributed by atoms with Crippen molar-refractivity contribution in [1.82, 2.24) is 0 Å². The average Bonchev–Trinajstić information content (AvgIpc) is 2.45. The van der Waals surface area contributed by atoms with Crippen LogP contribution in [0, 0.1) is 0 Å². The summed E-state index contributed by atoms with van der Waals surface area (Å²) in [5.74, 6) is -1.89. The Morgan fingerprint density at radius 3 is 2.65 bits per heavy atom. The molecule has 1 N–H and O–H groups in total. The molecule has 0 amide bonds.